The predicted octanol–water partition coefficient (Wildman–Crippen LogP) is 6.84. The first-order chi connectivity index (χ1) is 18.0. The summed E-state index contributed by atoms with van der Waals surface area (Å²) in [5, 5.41) is 12.2. The van der Waals surface area contributed by atoms with Gasteiger partial charge in [0.15, 0.2) is 5.17 Å². The van der Waals surface area contributed by atoms with Crippen molar-refractivity contribution in [2.75, 3.05) is 0 Å². The summed E-state index contributed by atoms with van der Waals surface area (Å²) in [6.45, 7) is 2.66. The van der Waals surface area contributed by atoms with Crippen molar-refractivity contribution < 1.29 is 14.1 Å². The largest absolute Gasteiger partial charge is 0.456 e. The first kappa shape index (κ1) is 24.3. The van der Waals surface area contributed by atoms with Gasteiger partial charge in [-0.05, 0) is 53.6 Å². The molecule has 4 aromatic rings. The minimum Gasteiger partial charge on any atom is -0.456 e. The van der Waals surface area contributed by atoms with Crippen molar-refractivity contribution in [3.8, 4) is 11.3 Å². The van der Waals surface area contributed by atoms with Crippen molar-refractivity contribution >= 4 is 34.6 Å². The Morgan fingerprint density at radius 3 is 2.38 bits per heavy atom. The average Bonchev–Trinajstić information content (AvgIpc) is 3.49. The number of amidine groups is 1. The van der Waals surface area contributed by atoms with E-state index >= 15 is 0 Å². The monoisotopic (exact) mass is 509 g/mol. The van der Waals surface area contributed by atoms with E-state index in [0.29, 0.717) is 40.2 Å². The van der Waals surface area contributed by atoms with Gasteiger partial charge in [0.05, 0.1) is 28.5 Å². The van der Waals surface area contributed by atoms with Crippen LogP contribution in [0.15, 0.2) is 105 Å². The highest BCUT2D eigenvalue weighted by molar-refractivity contribution is 8.18. The lowest BCUT2D eigenvalue weighted by Crippen LogP contribution is -2.28. The van der Waals surface area contributed by atoms with Crippen LogP contribution in [-0.4, -0.2) is 20.9 Å². The van der Waals surface area contributed by atoms with E-state index in [1.165, 1.54) is 17.8 Å². The molecule has 0 N–H and O–H groups in total. The highest BCUT2D eigenvalue weighted by Crippen LogP contribution is 2.36. The predicted molar refractivity (Wildman–Crippen MR) is 146 cm³/mol. The number of benzene rings is 3. The number of nitro groups is 1. The highest BCUT2D eigenvalue weighted by atomic mass is 32.2. The maximum atomic E-state index is 13.4. The van der Waals surface area contributed by atoms with E-state index in [9.17, 15) is 14.9 Å². The summed E-state index contributed by atoms with van der Waals surface area (Å²) < 4.78 is 5.92. The van der Waals surface area contributed by atoms with Crippen molar-refractivity contribution in [2.45, 2.75) is 20.0 Å². The zero-order valence-corrected chi connectivity index (χ0v) is 20.9. The standard InChI is InChI=1S/C29H23N3O4S/c1-20-12-14-24(25(16-20)32(34)35)26-15-13-23(36-26)17-27-28(33)31(19-22-10-6-3-7-11-22)29(37-27)30-18-21-8-4-2-5-9-21/h2-17H,18-19H2,1H3/b27-17-,30-29?. The number of carbonyl (C=O) groups is 1. The fraction of sp³-hybridized carbons (Fsp3) is 0.103. The van der Waals surface area contributed by atoms with E-state index in [2.05, 4.69) is 0 Å². The molecule has 1 amide bonds. The van der Waals surface area contributed by atoms with Crippen molar-refractivity contribution in [1.82, 2.24) is 4.90 Å². The maximum Gasteiger partial charge on any atom is 0.280 e. The number of amides is 1. The number of thioether (sulfide) groups is 1. The van der Waals surface area contributed by atoms with Gasteiger partial charge in [-0.15, -0.1) is 0 Å². The van der Waals surface area contributed by atoms with Crippen LogP contribution in [0.2, 0.25) is 0 Å². The van der Waals surface area contributed by atoms with Crippen LogP contribution in [0.3, 0.4) is 0 Å². The summed E-state index contributed by atoms with van der Waals surface area (Å²) in [7, 11) is 0. The Hall–Kier alpha value is -4.43. The van der Waals surface area contributed by atoms with E-state index in [0.717, 1.165) is 16.7 Å². The number of aliphatic imine (C=N–C) groups is 1. The van der Waals surface area contributed by atoms with Crippen molar-refractivity contribution in [3.63, 3.8) is 0 Å². The first-order valence-electron chi connectivity index (χ1n) is 11.7. The molecule has 37 heavy (non-hydrogen) atoms. The van der Waals surface area contributed by atoms with Gasteiger partial charge in [-0.3, -0.25) is 24.8 Å². The second-order valence-electron chi connectivity index (χ2n) is 8.55. The fourth-order valence-electron chi connectivity index (χ4n) is 3.98. The summed E-state index contributed by atoms with van der Waals surface area (Å²) in [5.74, 6) is 0.637. The zero-order chi connectivity index (χ0) is 25.8. The molecule has 0 bridgehead atoms. The molecular weight excluding hydrogens is 486 g/mol. The summed E-state index contributed by atoms with van der Waals surface area (Å²) in [5.41, 5.74) is 3.21. The van der Waals surface area contributed by atoms with Gasteiger partial charge in [-0.25, -0.2) is 0 Å². The van der Waals surface area contributed by atoms with Gasteiger partial charge < -0.3 is 4.42 Å². The Morgan fingerprint density at radius 1 is 0.973 bits per heavy atom. The quantitative estimate of drug-likeness (QED) is 0.155. The number of carbonyl (C=O) groups excluding carboxylic acids is 1. The second kappa shape index (κ2) is 10.7. The molecule has 1 saturated heterocycles. The van der Waals surface area contributed by atoms with Crippen molar-refractivity contribution in [1.29, 1.82) is 0 Å². The summed E-state index contributed by atoms with van der Waals surface area (Å²) in [4.78, 5) is 31.4. The molecule has 184 valence electrons. The van der Waals surface area contributed by atoms with Crippen LogP contribution in [0, 0.1) is 17.0 Å². The smallest absolute Gasteiger partial charge is 0.280 e. The summed E-state index contributed by atoms with van der Waals surface area (Å²) in [6.07, 6.45) is 1.67. The molecule has 1 aromatic heterocycles. The molecule has 0 unspecified atom stereocenters. The first-order valence-corrected chi connectivity index (χ1v) is 12.5. The number of hydrogen-bond donors (Lipinski definition) is 0. The van der Waals surface area contributed by atoms with E-state index in [4.69, 9.17) is 9.41 Å². The van der Waals surface area contributed by atoms with Crippen LogP contribution in [0.5, 0.6) is 0 Å². The zero-order valence-electron chi connectivity index (χ0n) is 20.0. The van der Waals surface area contributed by atoms with Gasteiger partial charge in [0, 0.05) is 12.1 Å². The molecule has 2 heterocycles. The average molecular weight is 510 g/mol. The Bertz CT molecular complexity index is 1510. The molecule has 0 atom stereocenters. The maximum absolute atomic E-state index is 13.4. The topological polar surface area (TPSA) is 89.0 Å². The lowest BCUT2D eigenvalue weighted by Gasteiger charge is -2.15. The van der Waals surface area contributed by atoms with Crippen LogP contribution in [0.25, 0.3) is 17.4 Å². The summed E-state index contributed by atoms with van der Waals surface area (Å²) >= 11 is 1.29. The molecule has 0 radical (unpaired) electrons. The Labute approximate surface area is 218 Å². The third kappa shape index (κ3) is 5.54. The van der Waals surface area contributed by atoms with Gasteiger partial charge in [-0.2, -0.15) is 0 Å². The van der Waals surface area contributed by atoms with Gasteiger partial charge in [0.25, 0.3) is 11.6 Å². The molecule has 8 heteroatoms. The van der Waals surface area contributed by atoms with Gasteiger partial charge >= 0.3 is 0 Å². The summed E-state index contributed by atoms with van der Waals surface area (Å²) in [6, 6.07) is 28.0. The molecule has 5 rings (SSSR count). The van der Waals surface area contributed by atoms with E-state index in [1.807, 2.05) is 60.7 Å². The third-order valence-corrected chi connectivity index (χ3v) is 6.87. The van der Waals surface area contributed by atoms with Crippen LogP contribution in [0.4, 0.5) is 5.69 Å². The van der Waals surface area contributed by atoms with Gasteiger partial charge in [-0.1, -0.05) is 66.7 Å². The number of nitro benzene ring substituents is 1. The van der Waals surface area contributed by atoms with E-state index < -0.39 is 4.92 Å². The molecule has 1 aliphatic rings. The Kier molecular flexibility index (Phi) is 7.00. The lowest BCUT2D eigenvalue weighted by molar-refractivity contribution is -0.384. The molecule has 0 spiro atoms. The molecule has 7 nitrogen and oxygen atoms in total. The van der Waals surface area contributed by atoms with E-state index in [1.54, 1.807) is 42.2 Å². The minimum atomic E-state index is -0.420. The molecule has 1 fully saturated rings. The van der Waals surface area contributed by atoms with Crippen molar-refractivity contribution in [3.05, 3.63) is 128 Å². The molecule has 0 saturated carbocycles. The fourth-order valence-corrected chi connectivity index (χ4v) is 4.94. The van der Waals surface area contributed by atoms with Crippen LogP contribution in [-0.2, 0) is 17.9 Å². The number of hydrogen-bond acceptors (Lipinski definition) is 6. The highest BCUT2D eigenvalue weighted by Gasteiger charge is 2.33. The van der Waals surface area contributed by atoms with Gasteiger partial charge in [0.2, 0.25) is 0 Å². The number of furan rings is 1. The molecule has 3 aromatic carbocycles. The van der Waals surface area contributed by atoms with Gasteiger partial charge in [0.1, 0.15) is 11.5 Å². The Morgan fingerprint density at radius 2 is 1.68 bits per heavy atom. The van der Waals surface area contributed by atoms with Crippen LogP contribution in [0.1, 0.15) is 22.5 Å². The number of nitrogens with zero attached hydrogens (tertiary/aromatic N) is 3. The molecule has 1 aliphatic heterocycles. The number of rotatable bonds is 7. The van der Waals surface area contributed by atoms with Crippen molar-refractivity contribution in [2.24, 2.45) is 4.99 Å². The SMILES string of the molecule is Cc1ccc(-c2ccc(/C=C3\SC(=NCc4ccccc4)N(Cc4ccccc4)C3=O)o2)c([N+](=O)[O-])c1. The molecule has 0 aliphatic carbocycles. The Balaban J connectivity index is 1.44. The van der Waals surface area contributed by atoms with E-state index in [-0.39, 0.29) is 11.6 Å². The van der Waals surface area contributed by atoms with Crippen LogP contribution >= 0.6 is 11.8 Å². The molecular formula is C29H23N3O4S. The van der Waals surface area contributed by atoms with Crippen LogP contribution < -0.4 is 0 Å². The normalized spacial score (nSPS) is 15.6. The second-order valence-corrected chi connectivity index (χ2v) is 9.56. The third-order valence-electron chi connectivity index (χ3n) is 5.83. The minimum absolute atomic E-state index is 0.0239. The number of aryl methyl sites for hydroxylation is 1. The lowest BCUT2D eigenvalue weighted by atomic mass is 10.1.